The maximum Gasteiger partial charge on any atom is 0.226 e. The summed E-state index contributed by atoms with van der Waals surface area (Å²) in [7, 11) is 0. The molecule has 1 aromatic heterocycles. The van der Waals surface area contributed by atoms with Gasteiger partial charge in [-0.25, -0.2) is 4.98 Å². The molecule has 0 fully saturated rings. The van der Waals surface area contributed by atoms with Crippen molar-refractivity contribution < 1.29 is 4.79 Å². The Morgan fingerprint density at radius 1 is 1.50 bits per heavy atom. The topological polar surface area (TPSA) is 83.8 Å². The summed E-state index contributed by atoms with van der Waals surface area (Å²) < 4.78 is 0. The normalized spacial score (nSPS) is 11.8. The van der Waals surface area contributed by atoms with Crippen LogP contribution in [0.2, 0.25) is 0 Å². The van der Waals surface area contributed by atoms with E-state index < -0.39 is 5.54 Å². The third-order valence-corrected chi connectivity index (χ3v) is 2.50. The molecule has 1 amide bonds. The SMILES string of the molecule is Cc1nc2ccc(NC(=O)CC(C)(C)N)cc2[nH]1. The predicted octanol–water partition coefficient (Wildman–Crippen LogP) is 1.94. The molecule has 1 aromatic carbocycles. The fraction of sp³-hybridized carbons (Fsp3) is 0.385. The van der Waals surface area contributed by atoms with Crippen LogP contribution >= 0.6 is 0 Å². The van der Waals surface area contributed by atoms with E-state index in [1.54, 1.807) is 0 Å². The zero-order valence-corrected chi connectivity index (χ0v) is 10.9. The van der Waals surface area contributed by atoms with Crippen molar-refractivity contribution in [2.75, 3.05) is 5.32 Å². The molecule has 0 atom stereocenters. The summed E-state index contributed by atoms with van der Waals surface area (Å²) >= 11 is 0. The summed E-state index contributed by atoms with van der Waals surface area (Å²) in [5, 5.41) is 2.83. The summed E-state index contributed by atoms with van der Waals surface area (Å²) in [6.45, 7) is 5.55. The molecule has 4 N–H and O–H groups in total. The van der Waals surface area contributed by atoms with Crippen LogP contribution in [0.4, 0.5) is 5.69 Å². The van der Waals surface area contributed by atoms with Crippen LogP contribution in [0.1, 0.15) is 26.1 Å². The number of nitrogens with one attached hydrogen (secondary N) is 2. The minimum absolute atomic E-state index is 0.0851. The van der Waals surface area contributed by atoms with E-state index in [1.807, 2.05) is 39.0 Å². The average molecular weight is 246 g/mol. The molecule has 2 aromatic rings. The second-order valence-corrected chi connectivity index (χ2v) is 5.27. The Balaban J connectivity index is 2.14. The monoisotopic (exact) mass is 246 g/mol. The van der Waals surface area contributed by atoms with Crippen molar-refractivity contribution >= 4 is 22.6 Å². The highest BCUT2D eigenvalue weighted by molar-refractivity contribution is 5.93. The number of nitrogens with two attached hydrogens (primary N) is 1. The van der Waals surface area contributed by atoms with E-state index >= 15 is 0 Å². The Labute approximate surface area is 106 Å². The number of hydrogen-bond donors (Lipinski definition) is 3. The highest BCUT2D eigenvalue weighted by Crippen LogP contribution is 2.17. The lowest BCUT2D eigenvalue weighted by molar-refractivity contribution is -0.117. The molecular formula is C13H18N4O. The van der Waals surface area contributed by atoms with Crippen molar-refractivity contribution in [1.29, 1.82) is 0 Å². The molecule has 0 aliphatic heterocycles. The minimum atomic E-state index is -0.501. The second-order valence-electron chi connectivity index (χ2n) is 5.27. The van der Waals surface area contributed by atoms with Crippen molar-refractivity contribution in [3.8, 4) is 0 Å². The number of amides is 1. The molecule has 2 rings (SSSR count). The zero-order valence-electron chi connectivity index (χ0n) is 10.9. The molecule has 1 heterocycles. The van der Waals surface area contributed by atoms with Crippen LogP contribution in [0, 0.1) is 6.92 Å². The number of rotatable bonds is 3. The molecule has 0 saturated carbocycles. The lowest BCUT2D eigenvalue weighted by Crippen LogP contribution is -2.36. The van der Waals surface area contributed by atoms with Gasteiger partial charge >= 0.3 is 0 Å². The van der Waals surface area contributed by atoms with Gasteiger partial charge in [0.15, 0.2) is 0 Å². The van der Waals surface area contributed by atoms with Gasteiger partial charge in [-0.2, -0.15) is 0 Å². The van der Waals surface area contributed by atoms with Gasteiger partial charge in [-0.3, -0.25) is 4.79 Å². The number of imidazole rings is 1. The van der Waals surface area contributed by atoms with E-state index in [0.29, 0.717) is 0 Å². The molecular weight excluding hydrogens is 228 g/mol. The van der Waals surface area contributed by atoms with Crippen LogP contribution < -0.4 is 11.1 Å². The van der Waals surface area contributed by atoms with Crippen LogP contribution in [0.25, 0.3) is 11.0 Å². The second kappa shape index (κ2) is 4.42. The Bertz CT molecular complexity index is 580. The Kier molecular flexibility index (Phi) is 3.09. The van der Waals surface area contributed by atoms with E-state index in [4.69, 9.17) is 5.73 Å². The van der Waals surface area contributed by atoms with Gasteiger partial charge in [-0.05, 0) is 39.0 Å². The maximum absolute atomic E-state index is 11.8. The highest BCUT2D eigenvalue weighted by atomic mass is 16.1. The van der Waals surface area contributed by atoms with Crippen molar-refractivity contribution in [2.24, 2.45) is 5.73 Å². The van der Waals surface area contributed by atoms with Gasteiger partial charge in [0.1, 0.15) is 5.82 Å². The van der Waals surface area contributed by atoms with Gasteiger partial charge in [0, 0.05) is 17.6 Å². The third-order valence-electron chi connectivity index (χ3n) is 2.50. The fourth-order valence-electron chi connectivity index (χ4n) is 1.83. The van der Waals surface area contributed by atoms with E-state index in [0.717, 1.165) is 22.5 Å². The predicted molar refractivity (Wildman–Crippen MR) is 72.3 cm³/mol. The molecule has 0 saturated heterocycles. The molecule has 5 nitrogen and oxygen atoms in total. The number of H-pyrrole nitrogens is 1. The van der Waals surface area contributed by atoms with Crippen molar-refractivity contribution in [2.45, 2.75) is 32.7 Å². The van der Waals surface area contributed by atoms with Gasteiger partial charge in [0.05, 0.1) is 11.0 Å². The quantitative estimate of drug-likeness (QED) is 0.773. The van der Waals surface area contributed by atoms with Crippen LogP contribution in [-0.2, 0) is 4.79 Å². The summed E-state index contributed by atoms with van der Waals surface area (Å²) in [6.07, 6.45) is 0.285. The van der Waals surface area contributed by atoms with Crippen molar-refractivity contribution in [3.63, 3.8) is 0 Å². The van der Waals surface area contributed by atoms with Gasteiger partial charge in [-0.1, -0.05) is 0 Å². The van der Waals surface area contributed by atoms with Crippen molar-refractivity contribution in [3.05, 3.63) is 24.0 Å². The molecule has 5 heteroatoms. The van der Waals surface area contributed by atoms with Gasteiger partial charge < -0.3 is 16.0 Å². The van der Waals surface area contributed by atoms with E-state index in [2.05, 4.69) is 15.3 Å². The fourth-order valence-corrected chi connectivity index (χ4v) is 1.83. The zero-order chi connectivity index (χ0) is 13.3. The Morgan fingerprint density at radius 2 is 2.22 bits per heavy atom. The first-order valence-electron chi connectivity index (χ1n) is 5.89. The van der Waals surface area contributed by atoms with Gasteiger partial charge in [0.25, 0.3) is 0 Å². The first-order valence-corrected chi connectivity index (χ1v) is 5.89. The Hall–Kier alpha value is -1.88. The number of nitrogens with zero attached hydrogens (tertiary/aromatic N) is 1. The van der Waals surface area contributed by atoms with Crippen LogP contribution in [0.15, 0.2) is 18.2 Å². The molecule has 0 unspecified atom stereocenters. The Morgan fingerprint density at radius 3 is 2.89 bits per heavy atom. The molecule has 0 aliphatic carbocycles. The molecule has 18 heavy (non-hydrogen) atoms. The molecule has 0 aliphatic rings. The summed E-state index contributed by atoms with van der Waals surface area (Å²) in [5.74, 6) is 0.773. The summed E-state index contributed by atoms with van der Waals surface area (Å²) in [4.78, 5) is 19.2. The number of carbonyl (C=O) groups excluding carboxylic acids is 1. The number of aromatic nitrogens is 2. The van der Waals surface area contributed by atoms with Crippen LogP contribution in [-0.4, -0.2) is 21.4 Å². The maximum atomic E-state index is 11.8. The van der Waals surface area contributed by atoms with E-state index in [9.17, 15) is 4.79 Å². The first kappa shape index (κ1) is 12.6. The first-order chi connectivity index (χ1) is 8.33. The standard InChI is InChI=1S/C13H18N4O/c1-8-15-10-5-4-9(6-11(10)16-8)17-12(18)7-13(2,3)14/h4-6H,7,14H2,1-3H3,(H,15,16)(H,17,18). The third kappa shape index (κ3) is 3.07. The summed E-state index contributed by atoms with van der Waals surface area (Å²) in [5.41, 5.74) is 7.86. The number of hydrogen-bond acceptors (Lipinski definition) is 3. The molecule has 0 spiro atoms. The number of anilines is 1. The smallest absolute Gasteiger partial charge is 0.226 e. The minimum Gasteiger partial charge on any atom is -0.342 e. The molecule has 0 bridgehead atoms. The van der Waals surface area contributed by atoms with Gasteiger partial charge in [-0.15, -0.1) is 0 Å². The van der Waals surface area contributed by atoms with Crippen molar-refractivity contribution in [1.82, 2.24) is 9.97 Å². The molecule has 0 radical (unpaired) electrons. The molecule has 96 valence electrons. The average Bonchev–Trinajstić information content (AvgIpc) is 2.53. The lowest BCUT2D eigenvalue weighted by atomic mass is 10.0. The number of fused-ring (bicyclic) bond motifs is 1. The van der Waals surface area contributed by atoms with E-state index in [1.165, 1.54) is 0 Å². The van der Waals surface area contributed by atoms with Gasteiger partial charge in [0.2, 0.25) is 5.91 Å². The lowest BCUT2D eigenvalue weighted by Gasteiger charge is -2.17. The number of aryl methyl sites for hydroxylation is 1. The highest BCUT2D eigenvalue weighted by Gasteiger charge is 2.16. The largest absolute Gasteiger partial charge is 0.342 e. The van der Waals surface area contributed by atoms with E-state index in [-0.39, 0.29) is 12.3 Å². The number of benzene rings is 1. The van der Waals surface area contributed by atoms with Crippen LogP contribution in [0.5, 0.6) is 0 Å². The number of aromatic amines is 1. The van der Waals surface area contributed by atoms with Crippen LogP contribution in [0.3, 0.4) is 0 Å². The number of carbonyl (C=O) groups is 1. The summed E-state index contributed by atoms with van der Waals surface area (Å²) in [6, 6.07) is 5.59.